The quantitative estimate of drug-likeness (QED) is 0.641. The van der Waals surface area contributed by atoms with Gasteiger partial charge in [-0.2, -0.15) is 14.7 Å². The maximum atomic E-state index is 9.03. The molecular weight excluding hydrogens is 263 g/mol. The van der Waals surface area contributed by atoms with Crippen molar-refractivity contribution in [2.45, 2.75) is 52.4 Å². The van der Waals surface area contributed by atoms with Gasteiger partial charge in [0.05, 0.1) is 0 Å². The summed E-state index contributed by atoms with van der Waals surface area (Å²) in [5, 5.41) is 0. The Labute approximate surface area is 115 Å². The maximum absolute atomic E-state index is 9.03. The average Bonchev–Trinajstić information content (AvgIpc) is 2.34. The lowest BCUT2D eigenvalue weighted by Gasteiger charge is -2.11. The van der Waals surface area contributed by atoms with Crippen LogP contribution < -0.4 is 4.52 Å². The fourth-order valence-electron chi connectivity index (χ4n) is 1.95. The van der Waals surface area contributed by atoms with E-state index in [9.17, 15) is 0 Å². The Bertz CT molecular complexity index is 388. The summed E-state index contributed by atoms with van der Waals surface area (Å²) in [6.07, 6.45) is 6.14. The lowest BCUT2D eigenvalue weighted by molar-refractivity contribution is 0.237. The van der Waals surface area contributed by atoms with Crippen molar-refractivity contribution in [3.8, 4) is 5.75 Å². The summed E-state index contributed by atoms with van der Waals surface area (Å²) in [6.45, 7) is 4.25. The van der Waals surface area contributed by atoms with Gasteiger partial charge < -0.3 is 0 Å². The molecule has 0 atom stereocenters. The van der Waals surface area contributed by atoms with E-state index in [0.29, 0.717) is 5.75 Å². The van der Waals surface area contributed by atoms with Crippen LogP contribution in [0.2, 0.25) is 0 Å². The molecule has 19 heavy (non-hydrogen) atoms. The van der Waals surface area contributed by atoms with Crippen molar-refractivity contribution in [2.75, 3.05) is 0 Å². The molecule has 0 aliphatic rings. The summed E-state index contributed by atoms with van der Waals surface area (Å²) >= 11 is 0. The molecule has 1 aromatic carbocycles. The van der Waals surface area contributed by atoms with Gasteiger partial charge in [0.25, 0.3) is 0 Å². The topological polar surface area (TPSA) is 69.9 Å². The van der Waals surface area contributed by atoms with Crippen molar-refractivity contribution in [2.24, 2.45) is 0 Å². The van der Waals surface area contributed by atoms with Crippen molar-refractivity contribution in [3.63, 3.8) is 0 Å². The Kier molecular flexibility index (Phi) is 6.73. The highest BCUT2D eigenvalue weighted by molar-refractivity contribution is 7.53. The monoisotopic (exact) mass is 287 g/mol. The molecule has 0 bridgehead atoms. The first kappa shape index (κ1) is 16.4. The third kappa shape index (κ3) is 6.35. The van der Waals surface area contributed by atoms with Gasteiger partial charge in [-0.25, -0.2) is 0 Å². The molecule has 1 aromatic rings. The van der Waals surface area contributed by atoms with Gasteiger partial charge in [-0.15, -0.1) is 0 Å². The van der Waals surface area contributed by atoms with Gasteiger partial charge in [-0.1, -0.05) is 38.8 Å². The summed E-state index contributed by atoms with van der Waals surface area (Å²) in [7, 11) is -4.23. The fourth-order valence-corrected chi connectivity index (χ4v) is 2.39. The SMILES string of the molecule is CCCCc1ccc(O[P+](O)(O)O)c(CCCC)c1. The molecule has 0 saturated carbocycles. The van der Waals surface area contributed by atoms with E-state index in [1.165, 1.54) is 5.56 Å². The molecule has 0 saturated heterocycles. The molecular formula is C14H24O4P+. The molecule has 0 aliphatic carbocycles. The van der Waals surface area contributed by atoms with Gasteiger partial charge in [-0.05, 0) is 37.3 Å². The van der Waals surface area contributed by atoms with Crippen LogP contribution in [0.1, 0.15) is 50.7 Å². The van der Waals surface area contributed by atoms with Crippen LogP contribution in [0.3, 0.4) is 0 Å². The molecule has 0 aromatic heterocycles. The van der Waals surface area contributed by atoms with E-state index in [-0.39, 0.29) is 0 Å². The fraction of sp³-hybridized carbons (Fsp3) is 0.571. The lowest BCUT2D eigenvalue weighted by Crippen LogP contribution is -2.01. The second-order valence-electron chi connectivity index (χ2n) is 4.75. The highest BCUT2D eigenvalue weighted by atomic mass is 31.2. The highest BCUT2D eigenvalue weighted by Gasteiger charge is 2.35. The molecule has 0 aliphatic heterocycles. The lowest BCUT2D eigenvalue weighted by atomic mass is 10.0. The zero-order chi connectivity index (χ0) is 14.3. The van der Waals surface area contributed by atoms with Crippen molar-refractivity contribution in [3.05, 3.63) is 29.3 Å². The predicted octanol–water partition coefficient (Wildman–Crippen LogP) is 3.41. The summed E-state index contributed by atoms with van der Waals surface area (Å²) in [5.41, 5.74) is 2.15. The van der Waals surface area contributed by atoms with Gasteiger partial charge in [0.1, 0.15) is 0 Å². The summed E-state index contributed by atoms with van der Waals surface area (Å²) < 4.78 is 4.87. The third-order valence-electron chi connectivity index (χ3n) is 2.96. The molecule has 0 amide bonds. The Morgan fingerprint density at radius 1 is 1.00 bits per heavy atom. The highest BCUT2D eigenvalue weighted by Crippen LogP contribution is 2.47. The number of hydrogen-bond donors (Lipinski definition) is 3. The first-order valence-electron chi connectivity index (χ1n) is 6.85. The van der Waals surface area contributed by atoms with E-state index in [0.717, 1.165) is 44.1 Å². The molecule has 0 unspecified atom stereocenters. The number of hydrogen-bond acceptors (Lipinski definition) is 4. The molecule has 0 fully saturated rings. The smallest absolute Gasteiger partial charge is 0.261 e. The van der Waals surface area contributed by atoms with E-state index in [4.69, 9.17) is 19.2 Å². The van der Waals surface area contributed by atoms with Gasteiger partial charge in [0.2, 0.25) is 0 Å². The standard InChI is InChI=1S/C14H24O4P/c1-3-5-7-12-9-10-14(18-19(15,16)17)13(11-12)8-6-4-2/h9-11,15-17H,3-8H2,1-2H3/q+1. The second kappa shape index (κ2) is 7.81. The predicted molar refractivity (Wildman–Crippen MR) is 77.9 cm³/mol. The van der Waals surface area contributed by atoms with Crippen LogP contribution in [0.5, 0.6) is 5.75 Å². The Hall–Kier alpha value is -0.670. The van der Waals surface area contributed by atoms with Crippen LogP contribution >= 0.6 is 8.17 Å². The number of rotatable bonds is 8. The molecule has 0 radical (unpaired) electrons. The number of benzene rings is 1. The Morgan fingerprint density at radius 2 is 1.63 bits per heavy atom. The van der Waals surface area contributed by atoms with Crippen LogP contribution in [-0.4, -0.2) is 14.7 Å². The number of aryl methyl sites for hydroxylation is 2. The second-order valence-corrected chi connectivity index (χ2v) is 5.96. The molecule has 0 spiro atoms. The van der Waals surface area contributed by atoms with Crippen molar-refractivity contribution >= 4 is 8.17 Å². The molecule has 0 heterocycles. The van der Waals surface area contributed by atoms with Gasteiger partial charge >= 0.3 is 8.17 Å². The Balaban J connectivity index is 2.88. The first-order valence-corrected chi connectivity index (χ1v) is 8.41. The summed E-state index contributed by atoms with van der Waals surface area (Å²) in [5.74, 6) is 0.370. The zero-order valence-corrected chi connectivity index (χ0v) is 12.6. The van der Waals surface area contributed by atoms with Crippen LogP contribution in [-0.2, 0) is 12.8 Å². The minimum atomic E-state index is -4.23. The van der Waals surface area contributed by atoms with Crippen molar-refractivity contribution in [1.82, 2.24) is 0 Å². The minimum absolute atomic E-state index is 0.370. The normalized spacial score (nSPS) is 11.6. The van der Waals surface area contributed by atoms with Crippen LogP contribution in [0.15, 0.2) is 18.2 Å². The summed E-state index contributed by atoms with van der Waals surface area (Å²) in [4.78, 5) is 27.1. The maximum Gasteiger partial charge on any atom is 0.613 e. The van der Waals surface area contributed by atoms with E-state index >= 15 is 0 Å². The van der Waals surface area contributed by atoms with E-state index < -0.39 is 8.17 Å². The van der Waals surface area contributed by atoms with E-state index in [2.05, 4.69) is 13.8 Å². The van der Waals surface area contributed by atoms with Crippen LogP contribution in [0.4, 0.5) is 0 Å². The molecule has 108 valence electrons. The molecule has 3 N–H and O–H groups in total. The van der Waals surface area contributed by atoms with Crippen LogP contribution in [0.25, 0.3) is 0 Å². The number of unbranched alkanes of at least 4 members (excludes halogenated alkanes) is 2. The molecule has 1 rings (SSSR count). The van der Waals surface area contributed by atoms with Crippen molar-refractivity contribution in [1.29, 1.82) is 0 Å². The summed E-state index contributed by atoms with van der Waals surface area (Å²) in [6, 6.07) is 5.67. The Morgan fingerprint density at radius 3 is 2.21 bits per heavy atom. The zero-order valence-electron chi connectivity index (χ0n) is 11.7. The van der Waals surface area contributed by atoms with Gasteiger partial charge in [0.15, 0.2) is 5.75 Å². The van der Waals surface area contributed by atoms with Crippen molar-refractivity contribution < 1.29 is 19.2 Å². The van der Waals surface area contributed by atoms with E-state index in [1.54, 1.807) is 6.07 Å². The molecule has 4 nitrogen and oxygen atoms in total. The largest absolute Gasteiger partial charge is 0.613 e. The van der Waals surface area contributed by atoms with Crippen LogP contribution in [0, 0.1) is 0 Å². The molecule has 5 heteroatoms. The van der Waals surface area contributed by atoms with Gasteiger partial charge in [-0.3, -0.25) is 4.52 Å². The van der Waals surface area contributed by atoms with E-state index in [1.807, 2.05) is 12.1 Å². The third-order valence-corrected chi connectivity index (χ3v) is 3.41. The minimum Gasteiger partial charge on any atom is -0.261 e. The van der Waals surface area contributed by atoms with Gasteiger partial charge in [0, 0.05) is 5.56 Å². The first-order chi connectivity index (χ1) is 8.96. The average molecular weight is 287 g/mol.